The molecule has 0 aliphatic heterocycles. The summed E-state index contributed by atoms with van der Waals surface area (Å²) in [7, 11) is 0. The number of rotatable bonds is 8. The summed E-state index contributed by atoms with van der Waals surface area (Å²) < 4.78 is 13.8. The average molecular weight is 994 g/mol. The molecule has 0 N–H and O–H groups in total. The molecule has 4 aromatic heterocycles. The Morgan fingerprint density at radius 1 is 0.481 bits per heavy atom. The molecule has 5 aliphatic carbocycles. The summed E-state index contributed by atoms with van der Waals surface area (Å²) in [4.78, 5) is 10.9. The lowest BCUT2D eigenvalue weighted by Gasteiger charge is -2.19. The van der Waals surface area contributed by atoms with Crippen molar-refractivity contribution in [2.45, 2.75) is 71.1 Å². The van der Waals surface area contributed by atoms with Crippen molar-refractivity contribution in [1.82, 2.24) is 23.7 Å². The van der Waals surface area contributed by atoms with E-state index in [2.05, 4.69) is 215 Å². The van der Waals surface area contributed by atoms with Crippen LogP contribution in [0.25, 0.3) is 108 Å². The van der Waals surface area contributed by atoms with Gasteiger partial charge in [-0.15, -0.1) is 0 Å². The highest BCUT2D eigenvalue weighted by Crippen LogP contribution is 2.43. The minimum atomic E-state index is 0.868. The second-order valence-electron chi connectivity index (χ2n) is 21.7. The first kappa shape index (κ1) is 44.3. The zero-order valence-electron chi connectivity index (χ0n) is 43.2. The molecule has 0 saturated heterocycles. The smallest absolute Gasteiger partial charge is 0.145 e. The number of nitrogens with zero attached hydrogens (tertiary/aromatic N) is 5. The molecule has 6 heteroatoms. The number of para-hydroxylation sites is 2. The number of benzene rings is 7. The van der Waals surface area contributed by atoms with Crippen LogP contribution in [0.15, 0.2) is 186 Å². The number of aryl methyl sites for hydroxylation is 2. The Morgan fingerprint density at radius 2 is 1.10 bits per heavy atom. The van der Waals surface area contributed by atoms with Crippen LogP contribution in [0, 0.1) is 6.92 Å². The monoisotopic (exact) mass is 993 g/mol. The molecule has 16 rings (SSSR count). The molecule has 11 aromatic rings. The molecule has 0 saturated carbocycles. The summed E-state index contributed by atoms with van der Waals surface area (Å²) in [5.74, 6) is 1.82. The summed E-state index contributed by atoms with van der Waals surface area (Å²) >= 11 is 0. The van der Waals surface area contributed by atoms with Gasteiger partial charge in [0, 0.05) is 50.3 Å². The Bertz CT molecular complexity index is 4430. The summed E-state index contributed by atoms with van der Waals surface area (Å²) in [6.45, 7) is 2.24. The maximum atomic E-state index is 6.59. The molecule has 6 nitrogen and oxygen atoms in total. The summed E-state index contributed by atoms with van der Waals surface area (Å²) in [6, 6.07) is 53.8. The van der Waals surface area contributed by atoms with Gasteiger partial charge in [0.1, 0.15) is 22.8 Å². The zero-order valence-corrected chi connectivity index (χ0v) is 43.2. The third kappa shape index (κ3) is 7.15. The molecule has 0 amide bonds. The molecule has 0 fully saturated rings. The predicted molar refractivity (Wildman–Crippen MR) is 316 cm³/mol. The van der Waals surface area contributed by atoms with Crippen molar-refractivity contribution in [3.63, 3.8) is 0 Å². The van der Waals surface area contributed by atoms with E-state index in [4.69, 9.17) is 14.4 Å². The first-order chi connectivity index (χ1) is 38.1. The normalized spacial score (nSPS) is 15.2. The third-order valence-electron chi connectivity index (χ3n) is 17.2. The van der Waals surface area contributed by atoms with Gasteiger partial charge in [-0.1, -0.05) is 109 Å². The standard InChI is InChI=1S/C71H55N5O/c1-44-15-2-4-19-54(44)55-20-5-3-16-46(55)37-45-29-30-47-39-48-31-32-52(41-59(48)58(47)38-45)75-66-27-12-8-23-62(66)72-70(75)49-17-14-18-50(40-49)71-73-63-24-9-13-28-67(63)76(71)53-34-36-69-61(43-53)60-42-51(33-35-68(60)77-69)74-64-25-10-6-21-56(64)57-22-7-11-26-65(57)74/h2-4,9-19,24-36,38,40-43H,5-8,20-23,37,39H2,1H3. The van der Waals surface area contributed by atoms with Crippen molar-refractivity contribution < 1.29 is 4.42 Å². The van der Waals surface area contributed by atoms with E-state index < -0.39 is 0 Å². The fraction of sp³-hybridized carbons (Fsp3) is 0.155. The van der Waals surface area contributed by atoms with Crippen LogP contribution < -0.4 is 0 Å². The molecule has 0 atom stereocenters. The largest absolute Gasteiger partial charge is 0.456 e. The molecule has 370 valence electrons. The molecule has 0 unspecified atom stereocenters. The molecule has 0 bridgehead atoms. The fourth-order valence-electron chi connectivity index (χ4n) is 13.5. The number of fused-ring (bicyclic) bond motifs is 11. The second kappa shape index (κ2) is 17.5. The van der Waals surface area contributed by atoms with Crippen LogP contribution in [0.3, 0.4) is 0 Å². The topological polar surface area (TPSA) is 53.7 Å². The number of aromatic nitrogens is 5. The van der Waals surface area contributed by atoms with Crippen LogP contribution in [0.4, 0.5) is 0 Å². The van der Waals surface area contributed by atoms with Crippen LogP contribution in [0.1, 0.15) is 93.8 Å². The molecule has 0 radical (unpaired) electrons. The second-order valence-corrected chi connectivity index (χ2v) is 21.7. The molecule has 7 aromatic carbocycles. The molecule has 4 heterocycles. The van der Waals surface area contributed by atoms with Crippen molar-refractivity contribution >= 4 is 56.8 Å². The maximum absolute atomic E-state index is 6.59. The average Bonchev–Trinajstić information content (AvgIpc) is 4.42. The lowest BCUT2D eigenvalue weighted by atomic mass is 9.86. The Labute approximate surface area is 448 Å². The van der Waals surface area contributed by atoms with E-state index in [1.807, 2.05) is 0 Å². The molecule has 77 heavy (non-hydrogen) atoms. The number of hydrogen-bond donors (Lipinski definition) is 0. The first-order valence-corrected chi connectivity index (χ1v) is 27.7. The Morgan fingerprint density at radius 3 is 1.88 bits per heavy atom. The highest BCUT2D eigenvalue weighted by Gasteiger charge is 2.27. The SMILES string of the molecule is Cc1ccccc1C1=C(Cc2ccc3c(c2)-c2cc(-n4c(-c5cccc(-c6nc7ccccc7n6-c6ccc7oc8ccc(-n9c%10c(c%11c9C=CCC%11)CCC=C%10)cc8c7c6)c5)nc5c4C=CCC5)ccc2C3)C=CCC1. The van der Waals surface area contributed by atoms with Crippen LogP contribution >= 0.6 is 0 Å². The highest BCUT2D eigenvalue weighted by atomic mass is 16.3. The predicted octanol–water partition coefficient (Wildman–Crippen LogP) is 17.3. The third-order valence-corrected chi connectivity index (χ3v) is 17.2. The van der Waals surface area contributed by atoms with Crippen LogP contribution in [0.5, 0.6) is 0 Å². The van der Waals surface area contributed by atoms with Gasteiger partial charge in [0.15, 0.2) is 0 Å². The zero-order chi connectivity index (χ0) is 50.7. The number of imidazole rings is 2. The number of hydrogen-bond acceptors (Lipinski definition) is 3. The van der Waals surface area contributed by atoms with Gasteiger partial charge in [0.2, 0.25) is 0 Å². The lowest BCUT2D eigenvalue weighted by molar-refractivity contribution is 0.668. The highest BCUT2D eigenvalue weighted by molar-refractivity contribution is 6.06. The van der Waals surface area contributed by atoms with Gasteiger partial charge in [0.25, 0.3) is 0 Å². The van der Waals surface area contributed by atoms with Gasteiger partial charge >= 0.3 is 0 Å². The van der Waals surface area contributed by atoms with E-state index in [0.717, 1.165) is 148 Å². The minimum Gasteiger partial charge on any atom is -0.456 e. The van der Waals surface area contributed by atoms with E-state index in [1.54, 1.807) is 0 Å². The minimum absolute atomic E-state index is 0.868. The number of furan rings is 1. The Hall–Kier alpha value is -9.00. The first-order valence-electron chi connectivity index (χ1n) is 27.7. The van der Waals surface area contributed by atoms with Gasteiger partial charge in [-0.2, -0.15) is 0 Å². The van der Waals surface area contributed by atoms with E-state index >= 15 is 0 Å². The summed E-state index contributed by atoms with van der Waals surface area (Å²) in [6.07, 6.45) is 28.9. The van der Waals surface area contributed by atoms with Crippen LogP contribution in [0.2, 0.25) is 0 Å². The quantitative estimate of drug-likeness (QED) is 0.152. The van der Waals surface area contributed by atoms with Crippen molar-refractivity contribution in [3.8, 4) is 51.0 Å². The van der Waals surface area contributed by atoms with Gasteiger partial charge in [-0.3, -0.25) is 9.13 Å². The molecule has 5 aliphatic rings. The summed E-state index contributed by atoms with van der Waals surface area (Å²) in [5.41, 5.74) is 29.5. The Kier molecular flexibility index (Phi) is 10.1. The van der Waals surface area contributed by atoms with Crippen molar-refractivity contribution in [1.29, 1.82) is 0 Å². The Balaban J connectivity index is 0.785. The van der Waals surface area contributed by atoms with E-state index in [1.165, 1.54) is 72.6 Å². The van der Waals surface area contributed by atoms with Crippen LogP contribution in [-0.2, 0) is 32.1 Å². The van der Waals surface area contributed by atoms with Crippen molar-refractivity contribution in [2.75, 3.05) is 0 Å². The van der Waals surface area contributed by atoms with E-state index in [-0.39, 0.29) is 0 Å². The molecular formula is C71H55N5O. The maximum Gasteiger partial charge on any atom is 0.145 e. The summed E-state index contributed by atoms with van der Waals surface area (Å²) in [5, 5.41) is 2.18. The number of allylic oxidation sites excluding steroid dienone is 7. The van der Waals surface area contributed by atoms with Crippen molar-refractivity contribution in [3.05, 3.63) is 243 Å². The molecular weight excluding hydrogens is 939 g/mol. The van der Waals surface area contributed by atoms with Crippen LogP contribution in [-0.4, -0.2) is 23.7 Å². The lowest BCUT2D eigenvalue weighted by Crippen LogP contribution is -2.03. The van der Waals surface area contributed by atoms with E-state index in [0.29, 0.717) is 0 Å². The van der Waals surface area contributed by atoms with Gasteiger partial charge < -0.3 is 8.98 Å². The van der Waals surface area contributed by atoms with Crippen molar-refractivity contribution in [2.24, 2.45) is 0 Å². The molecule has 0 spiro atoms. The fourth-order valence-corrected chi connectivity index (χ4v) is 13.5. The van der Waals surface area contributed by atoms with Gasteiger partial charge in [-0.05, 0) is 217 Å². The van der Waals surface area contributed by atoms with E-state index in [9.17, 15) is 0 Å². The van der Waals surface area contributed by atoms with Gasteiger partial charge in [-0.25, -0.2) is 9.97 Å². The van der Waals surface area contributed by atoms with Gasteiger partial charge in [0.05, 0.1) is 22.4 Å².